The van der Waals surface area contributed by atoms with Gasteiger partial charge in [0.2, 0.25) is 5.24 Å². The molecule has 0 aromatic rings. The minimum absolute atomic E-state index is 0.272. The highest BCUT2D eigenvalue weighted by Crippen LogP contribution is 2.34. The van der Waals surface area contributed by atoms with Crippen molar-refractivity contribution in [1.82, 2.24) is 0 Å². The van der Waals surface area contributed by atoms with Crippen molar-refractivity contribution < 1.29 is 19.1 Å². The average Bonchev–Trinajstić information content (AvgIpc) is 1.59. The summed E-state index contributed by atoms with van der Waals surface area (Å²) in [6.07, 6.45) is -0.735. The van der Waals surface area contributed by atoms with Gasteiger partial charge < -0.3 is 9.79 Å². The Morgan fingerprint density at radius 1 is 1.56 bits per heavy atom. The van der Waals surface area contributed by atoms with Gasteiger partial charge in [0.15, 0.2) is 0 Å². The van der Waals surface area contributed by atoms with Crippen LogP contribution >= 0.6 is 19.2 Å². The molecular weight excluding hydrogens is 166 g/mol. The fourth-order valence-corrected chi connectivity index (χ4v) is 0.954. The first-order chi connectivity index (χ1) is 3.92. The molecule has 0 atom stereocenters. The summed E-state index contributed by atoms with van der Waals surface area (Å²) in [5.74, 6) is 0. The molecule has 0 heterocycles. The minimum atomic E-state index is -4.02. The van der Waals surface area contributed by atoms with E-state index in [2.05, 4.69) is 0 Å². The van der Waals surface area contributed by atoms with E-state index < -0.39 is 19.0 Å². The maximum absolute atomic E-state index is 10.0. The van der Waals surface area contributed by atoms with Crippen molar-refractivity contribution in [2.75, 3.05) is 6.16 Å². The summed E-state index contributed by atoms with van der Waals surface area (Å²) < 4.78 is 10.0. The lowest BCUT2D eigenvalue weighted by molar-refractivity contribution is -0.111. The third kappa shape index (κ3) is 8.11. The summed E-state index contributed by atoms with van der Waals surface area (Å²) >= 11 is 4.80. The zero-order valence-corrected chi connectivity index (χ0v) is 6.10. The van der Waals surface area contributed by atoms with Crippen LogP contribution in [-0.2, 0) is 9.36 Å². The third-order valence-electron chi connectivity index (χ3n) is 0.600. The van der Waals surface area contributed by atoms with Crippen molar-refractivity contribution >= 4 is 24.4 Å². The highest BCUT2D eigenvalue weighted by Gasteiger charge is 2.13. The van der Waals surface area contributed by atoms with Crippen LogP contribution < -0.4 is 0 Å². The second-order valence-electron chi connectivity index (χ2n) is 1.49. The minimum Gasteiger partial charge on any atom is -0.324 e. The summed E-state index contributed by atoms with van der Waals surface area (Å²) in [6.45, 7) is 0. The molecule has 2 N–H and O–H groups in total. The van der Waals surface area contributed by atoms with E-state index >= 15 is 0 Å². The number of hydrogen-bond donors (Lipinski definition) is 2. The number of halogens is 1. The summed E-state index contributed by atoms with van der Waals surface area (Å²) in [5, 5.41) is -0.724. The Bertz CT molecular complexity index is 150. The SMILES string of the molecule is O=C(Cl)CCP(=O)(O)O. The molecule has 0 aliphatic carbocycles. The highest BCUT2D eigenvalue weighted by molar-refractivity contribution is 7.51. The first-order valence-electron chi connectivity index (χ1n) is 2.15. The van der Waals surface area contributed by atoms with Gasteiger partial charge in [0.1, 0.15) is 0 Å². The zero-order valence-electron chi connectivity index (χ0n) is 4.45. The lowest BCUT2D eigenvalue weighted by Gasteiger charge is -1.97. The van der Waals surface area contributed by atoms with Crippen LogP contribution in [-0.4, -0.2) is 21.2 Å². The molecule has 6 heteroatoms. The van der Waals surface area contributed by atoms with E-state index in [0.29, 0.717) is 0 Å². The molecule has 0 saturated carbocycles. The van der Waals surface area contributed by atoms with Crippen molar-refractivity contribution in [3.05, 3.63) is 0 Å². The number of carbonyl (C=O) groups excluding carboxylic acids is 1. The predicted molar refractivity (Wildman–Crippen MR) is 32.4 cm³/mol. The molecule has 0 aromatic carbocycles. The molecular formula is C3H6ClO4P. The van der Waals surface area contributed by atoms with Crippen LogP contribution in [0.2, 0.25) is 0 Å². The van der Waals surface area contributed by atoms with Crippen molar-refractivity contribution in [1.29, 1.82) is 0 Å². The van der Waals surface area contributed by atoms with Gasteiger partial charge in [-0.05, 0) is 11.6 Å². The second-order valence-corrected chi connectivity index (χ2v) is 3.69. The van der Waals surface area contributed by atoms with E-state index in [0.717, 1.165) is 0 Å². The Hall–Kier alpha value is 0.110. The molecule has 0 aliphatic heterocycles. The first kappa shape index (κ1) is 9.11. The van der Waals surface area contributed by atoms with Gasteiger partial charge in [-0.3, -0.25) is 9.36 Å². The number of rotatable bonds is 3. The van der Waals surface area contributed by atoms with Crippen LogP contribution in [0.25, 0.3) is 0 Å². The van der Waals surface area contributed by atoms with E-state index in [1.807, 2.05) is 0 Å². The van der Waals surface area contributed by atoms with Gasteiger partial charge in [0.05, 0.1) is 6.16 Å². The molecule has 0 aromatic heterocycles. The van der Waals surface area contributed by atoms with Crippen molar-refractivity contribution in [3.63, 3.8) is 0 Å². The molecule has 0 bridgehead atoms. The maximum atomic E-state index is 10.0. The molecule has 0 radical (unpaired) electrons. The maximum Gasteiger partial charge on any atom is 0.326 e. The molecule has 4 nitrogen and oxygen atoms in total. The van der Waals surface area contributed by atoms with Gasteiger partial charge in [0.25, 0.3) is 0 Å². The summed E-state index contributed by atoms with van der Waals surface area (Å²) in [5.41, 5.74) is 0. The van der Waals surface area contributed by atoms with Gasteiger partial charge in [-0.2, -0.15) is 0 Å². The van der Waals surface area contributed by atoms with E-state index in [4.69, 9.17) is 21.4 Å². The Kier molecular flexibility index (Phi) is 3.36. The molecule has 0 fully saturated rings. The monoisotopic (exact) mass is 172 g/mol. The summed E-state index contributed by atoms with van der Waals surface area (Å²) in [4.78, 5) is 26.2. The van der Waals surface area contributed by atoms with Crippen LogP contribution in [0.5, 0.6) is 0 Å². The van der Waals surface area contributed by atoms with Gasteiger partial charge in [-0.1, -0.05) is 0 Å². The van der Waals surface area contributed by atoms with Crippen molar-refractivity contribution in [3.8, 4) is 0 Å². The Balaban J connectivity index is 3.53. The highest BCUT2D eigenvalue weighted by atomic mass is 35.5. The van der Waals surface area contributed by atoms with Gasteiger partial charge in [0, 0.05) is 6.42 Å². The Morgan fingerprint density at radius 2 is 2.00 bits per heavy atom. The Morgan fingerprint density at radius 3 is 2.11 bits per heavy atom. The molecule has 0 rings (SSSR count). The van der Waals surface area contributed by atoms with Crippen LogP contribution in [0, 0.1) is 0 Å². The molecule has 0 unspecified atom stereocenters. The van der Waals surface area contributed by atoms with Crippen LogP contribution in [0.4, 0.5) is 0 Å². The van der Waals surface area contributed by atoms with Gasteiger partial charge in [-0.25, -0.2) is 0 Å². The average molecular weight is 173 g/mol. The fourth-order valence-electron chi connectivity index (χ4n) is 0.234. The van der Waals surface area contributed by atoms with Crippen LogP contribution in [0.1, 0.15) is 6.42 Å². The third-order valence-corrected chi connectivity index (χ3v) is 1.59. The fraction of sp³-hybridized carbons (Fsp3) is 0.667. The largest absolute Gasteiger partial charge is 0.326 e. The van der Waals surface area contributed by atoms with E-state index in [-0.39, 0.29) is 6.42 Å². The van der Waals surface area contributed by atoms with Gasteiger partial charge >= 0.3 is 7.60 Å². The lowest BCUT2D eigenvalue weighted by Crippen LogP contribution is -1.93. The van der Waals surface area contributed by atoms with E-state index in [1.165, 1.54) is 0 Å². The molecule has 0 amide bonds. The molecule has 0 aliphatic rings. The van der Waals surface area contributed by atoms with Crippen molar-refractivity contribution in [2.45, 2.75) is 6.42 Å². The Labute approximate surface area is 57.0 Å². The number of carbonyl (C=O) groups is 1. The topological polar surface area (TPSA) is 74.6 Å². The van der Waals surface area contributed by atoms with Crippen LogP contribution in [0.3, 0.4) is 0 Å². The lowest BCUT2D eigenvalue weighted by atomic mass is 10.6. The molecule has 0 saturated heterocycles. The normalized spacial score (nSPS) is 11.4. The predicted octanol–water partition coefficient (Wildman–Crippen LogP) is 0.320. The molecule has 54 valence electrons. The summed E-state index contributed by atoms with van der Waals surface area (Å²) in [6, 6.07) is 0. The first-order valence-corrected chi connectivity index (χ1v) is 4.32. The second kappa shape index (κ2) is 3.32. The smallest absolute Gasteiger partial charge is 0.324 e. The quantitative estimate of drug-likeness (QED) is 0.475. The van der Waals surface area contributed by atoms with E-state index in [9.17, 15) is 9.36 Å². The summed E-state index contributed by atoms with van der Waals surface area (Å²) in [7, 11) is -4.02. The molecule has 9 heavy (non-hydrogen) atoms. The van der Waals surface area contributed by atoms with E-state index in [1.54, 1.807) is 0 Å². The molecule has 0 spiro atoms. The van der Waals surface area contributed by atoms with Crippen LogP contribution in [0.15, 0.2) is 0 Å². The van der Waals surface area contributed by atoms with Gasteiger partial charge in [-0.15, -0.1) is 0 Å². The standard InChI is InChI=1S/C3H6ClO4P/c4-3(5)1-2-9(6,7)8/h1-2H2,(H2,6,7,8). The zero-order chi connectivity index (χ0) is 7.49. The van der Waals surface area contributed by atoms with Crippen molar-refractivity contribution in [2.24, 2.45) is 0 Å². The number of hydrogen-bond acceptors (Lipinski definition) is 2.